The molecule has 72 valence electrons. The zero-order valence-electron chi connectivity index (χ0n) is 8.17. The van der Waals surface area contributed by atoms with Crippen LogP contribution in [0.2, 0.25) is 0 Å². The number of ether oxygens (including phenoxy) is 1. The van der Waals surface area contributed by atoms with E-state index >= 15 is 0 Å². The summed E-state index contributed by atoms with van der Waals surface area (Å²) in [5, 5.41) is 0. The third-order valence-electron chi connectivity index (χ3n) is 1.35. The molecule has 0 saturated carbocycles. The molecular weight excluding hydrogens is 230 g/mol. The van der Waals surface area contributed by atoms with E-state index in [0.29, 0.717) is 12.5 Å². The van der Waals surface area contributed by atoms with E-state index in [1.807, 2.05) is 12.1 Å². The van der Waals surface area contributed by atoms with Gasteiger partial charge in [0.2, 0.25) is 5.88 Å². The smallest absolute Gasteiger partial charge is 0.214 e. The van der Waals surface area contributed by atoms with Gasteiger partial charge < -0.3 is 4.74 Å². The van der Waals surface area contributed by atoms with E-state index in [2.05, 4.69) is 41.7 Å². The first-order chi connectivity index (χ1) is 5.97. The number of halogens is 1. The maximum Gasteiger partial charge on any atom is 0.214 e. The molecular formula is C10H14BrNO. The van der Waals surface area contributed by atoms with Gasteiger partial charge in [0.25, 0.3) is 0 Å². The molecule has 0 unspecified atom stereocenters. The maximum absolute atomic E-state index is 5.51. The Balaban J connectivity index is 2.55. The van der Waals surface area contributed by atoms with E-state index in [1.165, 1.54) is 0 Å². The normalized spacial score (nSPS) is 11.4. The van der Waals surface area contributed by atoms with Crippen molar-refractivity contribution in [2.45, 2.75) is 20.8 Å². The van der Waals surface area contributed by atoms with Gasteiger partial charge in [-0.05, 0) is 11.5 Å². The van der Waals surface area contributed by atoms with Crippen LogP contribution in [0.4, 0.5) is 0 Å². The van der Waals surface area contributed by atoms with Gasteiger partial charge in [-0.3, -0.25) is 0 Å². The van der Waals surface area contributed by atoms with Crippen LogP contribution in [0.25, 0.3) is 0 Å². The molecule has 1 aromatic heterocycles. The molecule has 3 heteroatoms. The van der Waals surface area contributed by atoms with Crippen molar-refractivity contribution in [2.24, 2.45) is 5.41 Å². The van der Waals surface area contributed by atoms with Crippen molar-refractivity contribution in [3.05, 3.63) is 22.8 Å². The molecule has 1 rings (SSSR count). The van der Waals surface area contributed by atoms with Crippen LogP contribution in [0.15, 0.2) is 22.8 Å². The van der Waals surface area contributed by atoms with Crippen molar-refractivity contribution >= 4 is 15.9 Å². The average molecular weight is 244 g/mol. The Morgan fingerprint density at radius 2 is 2.15 bits per heavy atom. The fourth-order valence-electron chi connectivity index (χ4n) is 0.755. The Hall–Kier alpha value is -0.570. The molecule has 0 fully saturated rings. The van der Waals surface area contributed by atoms with Gasteiger partial charge in [0, 0.05) is 16.7 Å². The molecule has 0 aliphatic carbocycles. The van der Waals surface area contributed by atoms with Crippen LogP contribution in [0.1, 0.15) is 20.8 Å². The number of rotatable bonds is 2. The molecule has 1 aromatic rings. The summed E-state index contributed by atoms with van der Waals surface area (Å²) in [6.07, 6.45) is 1.72. The van der Waals surface area contributed by atoms with Gasteiger partial charge in [-0.1, -0.05) is 36.7 Å². The standard InChI is InChI=1S/C10H14BrNO/c1-10(2,3)7-13-9-6-8(11)4-5-12-9/h4-6H,7H2,1-3H3. The van der Waals surface area contributed by atoms with Crippen molar-refractivity contribution in [1.82, 2.24) is 4.98 Å². The third kappa shape index (κ3) is 4.27. The van der Waals surface area contributed by atoms with Crippen LogP contribution in [0, 0.1) is 5.41 Å². The van der Waals surface area contributed by atoms with Gasteiger partial charge in [0.05, 0.1) is 6.61 Å². The van der Waals surface area contributed by atoms with Crippen molar-refractivity contribution in [3.63, 3.8) is 0 Å². The topological polar surface area (TPSA) is 22.1 Å². The summed E-state index contributed by atoms with van der Waals surface area (Å²) in [6.45, 7) is 7.07. The van der Waals surface area contributed by atoms with Crippen molar-refractivity contribution in [1.29, 1.82) is 0 Å². The minimum atomic E-state index is 0.171. The van der Waals surface area contributed by atoms with Crippen LogP contribution in [0.3, 0.4) is 0 Å². The maximum atomic E-state index is 5.51. The largest absolute Gasteiger partial charge is 0.477 e. The van der Waals surface area contributed by atoms with E-state index in [9.17, 15) is 0 Å². The fraction of sp³-hybridized carbons (Fsp3) is 0.500. The van der Waals surface area contributed by atoms with Gasteiger partial charge >= 0.3 is 0 Å². The zero-order valence-corrected chi connectivity index (χ0v) is 9.76. The van der Waals surface area contributed by atoms with E-state index < -0.39 is 0 Å². The highest BCUT2D eigenvalue weighted by Gasteiger charge is 2.11. The second-order valence-corrected chi connectivity index (χ2v) is 5.08. The SMILES string of the molecule is CC(C)(C)COc1cc(Br)ccn1. The summed E-state index contributed by atoms with van der Waals surface area (Å²) in [4.78, 5) is 4.09. The lowest BCUT2D eigenvalue weighted by molar-refractivity contribution is 0.191. The van der Waals surface area contributed by atoms with E-state index in [-0.39, 0.29) is 5.41 Å². The molecule has 0 N–H and O–H groups in total. The molecule has 0 aliphatic rings. The molecule has 0 bridgehead atoms. The summed E-state index contributed by atoms with van der Waals surface area (Å²) >= 11 is 3.36. The quantitative estimate of drug-likeness (QED) is 0.796. The minimum Gasteiger partial charge on any atom is -0.477 e. The van der Waals surface area contributed by atoms with Crippen molar-refractivity contribution < 1.29 is 4.74 Å². The Kier molecular flexibility index (Phi) is 3.31. The van der Waals surface area contributed by atoms with Crippen LogP contribution in [-0.2, 0) is 0 Å². The van der Waals surface area contributed by atoms with Gasteiger partial charge in [0.1, 0.15) is 0 Å². The molecule has 0 saturated heterocycles. The Morgan fingerprint density at radius 1 is 1.46 bits per heavy atom. The monoisotopic (exact) mass is 243 g/mol. The summed E-state index contributed by atoms with van der Waals surface area (Å²) in [7, 11) is 0. The number of hydrogen-bond acceptors (Lipinski definition) is 2. The minimum absolute atomic E-state index is 0.171. The fourth-order valence-corrected chi connectivity index (χ4v) is 1.07. The Morgan fingerprint density at radius 3 is 2.69 bits per heavy atom. The van der Waals surface area contributed by atoms with Gasteiger partial charge in [0.15, 0.2) is 0 Å². The third-order valence-corrected chi connectivity index (χ3v) is 1.84. The first kappa shape index (κ1) is 10.5. The summed E-state index contributed by atoms with van der Waals surface area (Å²) < 4.78 is 6.50. The summed E-state index contributed by atoms with van der Waals surface area (Å²) in [5.41, 5.74) is 0.171. The van der Waals surface area contributed by atoms with E-state index in [1.54, 1.807) is 6.20 Å². The lowest BCUT2D eigenvalue weighted by Gasteiger charge is -2.18. The summed E-state index contributed by atoms with van der Waals surface area (Å²) in [6, 6.07) is 3.75. The zero-order chi connectivity index (χ0) is 9.90. The van der Waals surface area contributed by atoms with Gasteiger partial charge in [-0.2, -0.15) is 0 Å². The predicted molar refractivity (Wildman–Crippen MR) is 56.9 cm³/mol. The second kappa shape index (κ2) is 4.09. The lowest BCUT2D eigenvalue weighted by Crippen LogP contribution is -2.17. The first-order valence-electron chi connectivity index (χ1n) is 4.22. The molecule has 0 aromatic carbocycles. The van der Waals surface area contributed by atoms with E-state index in [4.69, 9.17) is 4.74 Å². The average Bonchev–Trinajstić information content (AvgIpc) is 2.00. The summed E-state index contributed by atoms with van der Waals surface area (Å²) in [5.74, 6) is 0.671. The molecule has 0 aliphatic heterocycles. The molecule has 0 radical (unpaired) electrons. The molecule has 1 heterocycles. The molecule has 0 spiro atoms. The first-order valence-corrected chi connectivity index (χ1v) is 5.01. The van der Waals surface area contributed by atoms with Crippen molar-refractivity contribution in [2.75, 3.05) is 6.61 Å². The highest BCUT2D eigenvalue weighted by molar-refractivity contribution is 9.10. The van der Waals surface area contributed by atoms with Crippen LogP contribution in [-0.4, -0.2) is 11.6 Å². The Bertz CT molecular complexity index is 280. The number of pyridine rings is 1. The van der Waals surface area contributed by atoms with Gasteiger partial charge in [-0.25, -0.2) is 4.98 Å². The number of nitrogens with zero attached hydrogens (tertiary/aromatic N) is 1. The number of aromatic nitrogens is 1. The molecule has 2 nitrogen and oxygen atoms in total. The molecule has 0 amide bonds. The molecule has 0 atom stereocenters. The predicted octanol–water partition coefficient (Wildman–Crippen LogP) is 3.27. The highest BCUT2D eigenvalue weighted by atomic mass is 79.9. The second-order valence-electron chi connectivity index (χ2n) is 4.16. The molecule has 13 heavy (non-hydrogen) atoms. The highest BCUT2D eigenvalue weighted by Crippen LogP contribution is 2.18. The van der Waals surface area contributed by atoms with Crippen LogP contribution >= 0.6 is 15.9 Å². The lowest BCUT2D eigenvalue weighted by atomic mass is 9.99. The van der Waals surface area contributed by atoms with Crippen LogP contribution in [0.5, 0.6) is 5.88 Å². The van der Waals surface area contributed by atoms with E-state index in [0.717, 1.165) is 4.47 Å². The Labute approximate surface area is 87.5 Å². The van der Waals surface area contributed by atoms with Crippen LogP contribution < -0.4 is 4.74 Å². The van der Waals surface area contributed by atoms with Gasteiger partial charge in [-0.15, -0.1) is 0 Å². The number of hydrogen-bond donors (Lipinski definition) is 0. The van der Waals surface area contributed by atoms with Crippen molar-refractivity contribution in [3.8, 4) is 5.88 Å².